The van der Waals surface area contributed by atoms with Crippen LogP contribution in [0.1, 0.15) is 57.8 Å². The van der Waals surface area contributed by atoms with Crippen molar-refractivity contribution >= 4 is 23.1 Å². The molecule has 1 atom stereocenters. The number of hydrogen-bond acceptors (Lipinski definition) is 6. The van der Waals surface area contributed by atoms with Crippen molar-refractivity contribution < 1.29 is 14.3 Å². The van der Waals surface area contributed by atoms with Crippen LogP contribution in [0.5, 0.6) is 0 Å². The zero-order valence-corrected chi connectivity index (χ0v) is 12.0. The largest absolute Gasteiger partial charge is 0.461 e. The summed E-state index contributed by atoms with van der Waals surface area (Å²) in [5, 5.41) is 4.17. The number of nitrogens with one attached hydrogen (secondary N) is 1. The lowest BCUT2D eigenvalue weighted by atomic mass is 10.0. The number of hydrogen-bond donors (Lipinski definition) is 1. The van der Waals surface area contributed by atoms with Gasteiger partial charge in [0.1, 0.15) is 4.88 Å². The number of thiazole rings is 1. The molecule has 1 fully saturated rings. The molecule has 2 heterocycles. The van der Waals surface area contributed by atoms with Crippen molar-refractivity contribution in [3.05, 3.63) is 15.6 Å². The summed E-state index contributed by atoms with van der Waals surface area (Å²) >= 11 is 1.33. The molecule has 0 bridgehead atoms. The molecule has 19 heavy (non-hydrogen) atoms. The van der Waals surface area contributed by atoms with Crippen LogP contribution in [0.3, 0.4) is 0 Å². The topological polar surface area (TPSA) is 68.3 Å². The van der Waals surface area contributed by atoms with E-state index in [0.717, 1.165) is 30.9 Å². The summed E-state index contributed by atoms with van der Waals surface area (Å²) in [5.74, 6) is -0.338. The van der Waals surface area contributed by atoms with Crippen LogP contribution in [-0.4, -0.2) is 36.4 Å². The quantitative estimate of drug-likeness (QED) is 0.675. The van der Waals surface area contributed by atoms with E-state index < -0.39 is 5.97 Å². The molecule has 1 unspecified atom stereocenters. The minimum absolute atomic E-state index is 0.129. The van der Waals surface area contributed by atoms with E-state index in [1.807, 2.05) is 0 Å². The first-order chi connectivity index (χ1) is 9.13. The number of Topliss-reactive ketones (excluding diaryl/α,β-unsaturated/α-hetero) is 1. The molecular formula is C13H18N2O3S. The van der Waals surface area contributed by atoms with Crippen LogP contribution < -0.4 is 5.32 Å². The van der Waals surface area contributed by atoms with E-state index in [9.17, 15) is 9.59 Å². The first-order valence-corrected chi connectivity index (χ1v) is 7.34. The third-order valence-corrected chi connectivity index (χ3v) is 4.40. The molecular weight excluding hydrogens is 264 g/mol. The minimum atomic E-state index is -0.501. The average Bonchev–Trinajstić information content (AvgIpc) is 2.85. The summed E-state index contributed by atoms with van der Waals surface area (Å²) in [6.07, 6.45) is 2.13. The van der Waals surface area contributed by atoms with Crippen LogP contribution in [0.4, 0.5) is 0 Å². The van der Waals surface area contributed by atoms with E-state index in [4.69, 9.17) is 4.74 Å². The van der Waals surface area contributed by atoms with Crippen LogP contribution in [0, 0.1) is 0 Å². The third kappa shape index (κ3) is 3.19. The Morgan fingerprint density at radius 3 is 2.89 bits per heavy atom. The normalized spacial score (nSPS) is 19.2. The lowest BCUT2D eigenvalue weighted by Gasteiger charge is -2.20. The zero-order valence-electron chi connectivity index (χ0n) is 11.2. The molecule has 0 radical (unpaired) electrons. The van der Waals surface area contributed by atoms with Crippen molar-refractivity contribution in [1.29, 1.82) is 0 Å². The van der Waals surface area contributed by atoms with Gasteiger partial charge in [0.2, 0.25) is 0 Å². The van der Waals surface area contributed by atoms with Crippen molar-refractivity contribution in [3.8, 4) is 0 Å². The van der Waals surface area contributed by atoms with E-state index in [2.05, 4.69) is 10.3 Å². The number of ether oxygens (including phenoxy) is 1. The van der Waals surface area contributed by atoms with Crippen molar-refractivity contribution in [3.63, 3.8) is 0 Å². The molecule has 0 aliphatic carbocycles. The summed E-state index contributed by atoms with van der Waals surface area (Å²) in [6.45, 7) is 5.36. The molecule has 2 rings (SSSR count). The van der Waals surface area contributed by atoms with Gasteiger partial charge in [-0.15, -0.1) is 11.3 Å². The van der Waals surface area contributed by atoms with Crippen LogP contribution in [-0.2, 0) is 4.74 Å². The second-order valence-electron chi connectivity index (χ2n) is 4.55. The lowest BCUT2D eigenvalue weighted by molar-refractivity contribution is 0.0517. The van der Waals surface area contributed by atoms with Crippen LogP contribution in [0.25, 0.3) is 0 Å². The van der Waals surface area contributed by atoms with Crippen molar-refractivity contribution in [2.75, 3.05) is 19.7 Å². The molecule has 0 amide bonds. The van der Waals surface area contributed by atoms with Gasteiger partial charge < -0.3 is 10.1 Å². The number of carbonyl (C=O) groups excluding carboxylic acids is 2. The minimum Gasteiger partial charge on any atom is -0.461 e. The van der Waals surface area contributed by atoms with E-state index in [1.54, 1.807) is 6.92 Å². The summed E-state index contributed by atoms with van der Waals surface area (Å²) in [6, 6.07) is 0. The molecule has 1 N–H and O–H groups in total. The second-order valence-corrected chi connectivity index (χ2v) is 5.58. The Bertz CT molecular complexity index is 478. The molecule has 0 saturated carbocycles. The maximum absolute atomic E-state index is 11.8. The number of rotatable bonds is 4. The first kappa shape index (κ1) is 14.1. The molecule has 1 saturated heterocycles. The Morgan fingerprint density at radius 1 is 1.53 bits per heavy atom. The standard InChI is InChI=1S/C13H18N2O3S/c1-3-18-13(17)10-11(8(2)16)19-12(15-10)9-5-4-6-14-7-9/h9,14H,3-7H2,1-2H3. The SMILES string of the molecule is CCOC(=O)c1nc(C2CCCNC2)sc1C(C)=O. The van der Waals surface area contributed by atoms with E-state index in [1.165, 1.54) is 18.3 Å². The molecule has 1 aromatic rings. The highest BCUT2D eigenvalue weighted by atomic mass is 32.1. The third-order valence-electron chi connectivity index (χ3n) is 3.08. The fraction of sp³-hybridized carbons (Fsp3) is 0.615. The maximum atomic E-state index is 11.8. The highest BCUT2D eigenvalue weighted by Crippen LogP contribution is 2.30. The van der Waals surface area contributed by atoms with Crippen molar-refractivity contribution in [2.24, 2.45) is 0 Å². The van der Waals surface area contributed by atoms with E-state index in [-0.39, 0.29) is 18.1 Å². The first-order valence-electron chi connectivity index (χ1n) is 6.53. The van der Waals surface area contributed by atoms with Gasteiger partial charge in [0.25, 0.3) is 0 Å². The molecule has 0 spiro atoms. The average molecular weight is 282 g/mol. The fourth-order valence-electron chi connectivity index (χ4n) is 2.15. The van der Waals surface area contributed by atoms with Crippen LogP contribution >= 0.6 is 11.3 Å². The second kappa shape index (κ2) is 6.25. The number of esters is 1. The molecule has 0 aromatic carbocycles. The monoisotopic (exact) mass is 282 g/mol. The summed E-state index contributed by atoms with van der Waals surface area (Å²) in [4.78, 5) is 28.2. The molecule has 104 valence electrons. The molecule has 6 heteroatoms. The lowest BCUT2D eigenvalue weighted by Crippen LogP contribution is -2.28. The van der Waals surface area contributed by atoms with Gasteiger partial charge in [0, 0.05) is 19.4 Å². The van der Waals surface area contributed by atoms with E-state index >= 15 is 0 Å². The smallest absolute Gasteiger partial charge is 0.358 e. The summed E-state index contributed by atoms with van der Waals surface area (Å²) in [5.41, 5.74) is 0.180. The van der Waals surface area contributed by atoms with Crippen molar-refractivity contribution in [2.45, 2.75) is 32.6 Å². The van der Waals surface area contributed by atoms with Gasteiger partial charge in [-0.05, 0) is 26.3 Å². The number of ketones is 1. The Morgan fingerprint density at radius 2 is 2.32 bits per heavy atom. The van der Waals surface area contributed by atoms with E-state index in [0.29, 0.717) is 10.8 Å². The zero-order chi connectivity index (χ0) is 13.8. The van der Waals surface area contributed by atoms with Gasteiger partial charge in [-0.1, -0.05) is 0 Å². The summed E-state index contributed by atoms with van der Waals surface area (Å²) in [7, 11) is 0. The van der Waals surface area contributed by atoms with Gasteiger partial charge in [0.05, 0.1) is 11.6 Å². The molecule has 1 aromatic heterocycles. The van der Waals surface area contributed by atoms with Gasteiger partial charge >= 0.3 is 5.97 Å². The molecule has 5 nitrogen and oxygen atoms in total. The Kier molecular flexibility index (Phi) is 4.66. The van der Waals surface area contributed by atoms with Crippen LogP contribution in [0.2, 0.25) is 0 Å². The van der Waals surface area contributed by atoms with Gasteiger partial charge in [-0.25, -0.2) is 9.78 Å². The Balaban J connectivity index is 2.28. The van der Waals surface area contributed by atoms with Crippen LogP contribution in [0.15, 0.2) is 0 Å². The van der Waals surface area contributed by atoms with Crippen molar-refractivity contribution in [1.82, 2.24) is 10.3 Å². The number of piperidine rings is 1. The van der Waals surface area contributed by atoms with Gasteiger partial charge in [0.15, 0.2) is 11.5 Å². The number of carbonyl (C=O) groups is 2. The number of aromatic nitrogens is 1. The van der Waals surface area contributed by atoms with Gasteiger partial charge in [-0.2, -0.15) is 0 Å². The molecule has 1 aliphatic rings. The highest BCUT2D eigenvalue weighted by molar-refractivity contribution is 7.14. The predicted octanol–water partition coefficient (Wildman–Crippen LogP) is 1.99. The summed E-state index contributed by atoms with van der Waals surface area (Å²) < 4.78 is 4.96. The Hall–Kier alpha value is -1.27. The fourth-order valence-corrected chi connectivity index (χ4v) is 3.23. The molecule has 1 aliphatic heterocycles. The highest BCUT2D eigenvalue weighted by Gasteiger charge is 2.26. The van der Waals surface area contributed by atoms with Gasteiger partial charge in [-0.3, -0.25) is 4.79 Å². The predicted molar refractivity (Wildman–Crippen MR) is 72.9 cm³/mol. The number of nitrogens with zero attached hydrogens (tertiary/aromatic N) is 1. The maximum Gasteiger partial charge on any atom is 0.358 e. The Labute approximate surface area is 116 Å².